The maximum atomic E-state index is 8.88. The van der Waals surface area contributed by atoms with E-state index >= 15 is 0 Å². The zero-order valence-corrected chi connectivity index (χ0v) is 9.12. The van der Waals surface area contributed by atoms with Crippen LogP contribution in [0, 0.1) is 0 Å². The molecule has 1 rings (SSSR count). The average molecular weight is 256 g/mol. The monoisotopic (exact) mass is 256 g/mol. The second kappa shape index (κ2) is 6.87. The van der Waals surface area contributed by atoms with E-state index < -0.39 is 16.4 Å². The molecule has 0 aliphatic carbocycles. The molecular weight excluding hydrogens is 246 g/mol. The molecule has 0 amide bonds. The SMILES string of the molecule is O=P(O)(O)O.OP(O)Oc1ccccc1. The largest absolute Gasteiger partial charge is 0.466 e. The van der Waals surface area contributed by atoms with Gasteiger partial charge in [0.05, 0.1) is 0 Å². The number of rotatable bonds is 2. The van der Waals surface area contributed by atoms with E-state index in [4.69, 9.17) is 29.0 Å². The van der Waals surface area contributed by atoms with Crippen LogP contribution >= 0.6 is 16.4 Å². The average Bonchev–Trinajstić information content (AvgIpc) is 2.01. The molecule has 86 valence electrons. The third kappa shape index (κ3) is 13.5. The maximum absolute atomic E-state index is 8.88. The van der Waals surface area contributed by atoms with Crippen molar-refractivity contribution in [3.05, 3.63) is 30.3 Å². The van der Waals surface area contributed by atoms with Crippen LogP contribution < -0.4 is 4.52 Å². The van der Waals surface area contributed by atoms with Crippen LogP contribution in [0.4, 0.5) is 0 Å². The van der Waals surface area contributed by atoms with E-state index in [-0.39, 0.29) is 0 Å². The predicted octanol–water partition coefficient (Wildman–Crippen LogP) is 0.348. The van der Waals surface area contributed by atoms with Gasteiger partial charge < -0.3 is 29.0 Å². The molecule has 0 saturated carbocycles. The Kier molecular flexibility index (Phi) is 6.63. The smallest absolute Gasteiger partial charge is 0.427 e. The molecule has 5 N–H and O–H groups in total. The Balaban J connectivity index is 0.000000336. The Bertz CT molecular complexity index is 300. The molecule has 0 unspecified atom stereocenters. The summed E-state index contributed by atoms with van der Waals surface area (Å²) >= 11 is 0. The Morgan fingerprint density at radius 2 is 1.47 bits per heavy atom. The van der Waals surface area contributed by atoms with Gasteiger partial charge in [0.15, 0.2) is 0 Å². The summed E-state index contributed by atoms with van der Waals surface area (Å²) < 4.78 is 13.5. The van der Waals surface area contributed by atoms with E-state index in [0.717, 1.165) is 0 Å². The van der Waals surface area contributed by atoms with Gasteiger partial charge in [-0.25, -0.2) is 4.57 Å². The fourth-order valence-corrected chi connectivity index (χ4v) is 0.886. The summed E-state index contributed by atoms with van der Waals surface area (Å²) in [4.78, 5) is 38.4. The molecule has 0 bridgehead atoms. The molecule has 0 atom stereocenters. The van der Waals surface area contributed by atoms with Crippen LogP contribution in [0.3, 0.4) is 0 Å². The van der Waals surface area contributed by atoms with Gasteiger partial charge in [-0.2, -0.15) is 0 Å². The highest BCUT2D eigenvalue weighted by atomic mass is 31.2. The summed E-state index contributed by atoms with van der Waals surface area (Å²) in [6.07, 6.45) is 0. The highest BCUT2D eigenvalue weighted by molar-refractivity contribution is 7.45. The Hall–Kier alpha value is -0.520. The summed E-state index contributed by atoms with van der Waals surface area (Å²) in [5.41, 5.74) is 0. The van der Waals surface area contributed by atoms with Gasteiger partial charge in [0.1, 0.15) is 5.75 Å². The van der Waals surface area contributed by atoms with Crippen LogP contribution in [0.5, 0.6) is 5.75 Å². The third-order valence-electron chi connectivity index (χ3n) is 0.930. The van der Waals surface area contributed by atoms with Crippen LogP contribution in [0.15, 0.2) is 30.3 Å². The summed E-state index contributed by atoms with van der Waals surface area (Å²) in [7, 11) is -6.92. The Morgan fingerprint density at radius 1 is 1.07 bits per heavy atom. The fraction of sp³-hybridized carbons (Fsp3) is 0. The molecule has 0 spiro atoms. The molecule has 7 nitrogen and oxygen atoms in total. The maximum Gasteiger partial charge on any atom is 0.466 e. The van der Waals surface area contributed by atoms with Gasteiger partial charge in [-0.15, -0.1) is 0 Å². The minimum absolute atomic E-state index is 0.471. The van der Waals surface area contributed by atoms with E-state index in [2.05, 4.69) is 4.52 Å². The van der Waals surface area contributed by atoms with Crippen molar-refractivity contribution in [3.63, 3.8) is 0 Å². The molecular formula is C6H10O7P2. The molecule has 15 heavy (non-hydrogen) atoms. The van der Waals surface area contributed by atoms with Gasteiger partial charge >= 0.3 is 16.4 Å². The number of hydrogen-bond acceptors (Lipinski definition) is 4. The molecule has 0 aliphatic rings. The molecule has 0 aliphatic heterocycles. The number of benzene rings is 1. The second-order valence-electron chi connectivity index (χ2n) is 2.17. The first-order valence-electron chi connectivity index (χ1n) is 3.48. The highest BCUT2D eigenvalue weighted by Gasteiger charge is 2.00. The molecule has 9 heteroatoms. The van der Waals surface area contributed by atoms with E-state index in [1.807, 2.05) is 6.07 Å². The van der Waals surface area contributed by atoms with Crippen molar-refractivity contribution < 1.29 is 33.6 Å². The summed E-state index contributed by atoms with van der Waals surface area (Å²) in [5, 5.41) is 0. The van der Waals surface area contributed by atoms with E-state index in [0.29, 0.717) is 5.75 Å². The van der Waals surface area contributed by atoms with Gasteiger partial charge in [-0.3, -0.25) is 0 Å². The number of para-hydroxylation sites is 1. The summed E-state index contributed by atoms with van der Waals surface area (Å²) in [6.45, 7) is 0. The lowest BCUT2D eigenvalue weighted by atomic mass is 10.3. The minimum Gasteiger partial charge on any atom is -0.427 e. The van der Waals surface area contributed by atoms with Gasteiger partial charge in [-0.05, 0) is 12.1 Å². The Labute approximate surface area is 86.8 Å². The lowest BCUT2D eigenvalue weighted by molar-refractivity contribution is 0.275. The summed E-state index contributed by atoms with van der Waals surface area (Å²) in [5.74, 6) is 0.471. The second-order valence-corrected chi connectivity index (χ2v) is 3.88. The lowest BCUT2D eigenvalue weighted by Gasteiger charge is -2.02. The van der Waals surface area contributed by atoms with Crippen LogP contribution in [0.25, 0.3) is 0 Å². The van der Waals surface area contributed by atoms with Crippen LogP contribution in [0.1, 0.15) is 0 Å². The van der Waals surface area contributed by atoms with Gasteiger partial charge in [0.25, 0.3) is 0 Å². The first-order chi connectivity index (χ1) is 6.79. The molecule has 1 aromatic carbocycles. The molecule has 0 fully saturated rings. The van der Waals surface area contributed by atoms with E-state index in [1.54, 1.807) is 24.3 Å². The normalized spacial score (nSPS) is 10.5. The van der Waals surface area contributed by atoms with Crippen molar-refractivity contribution in [1.82, 2.24) is 0 Å². The quantitative estimate of drug-likeness (QED) is 0.483. The lowest BCUT2D eigenvalue weighted by Crippen LogP contribution is -1.82. The first-order valence-corrected chi connectivity index (χ1v) is 6.21. The Morgan fingerprint density at radius 3 is 1.80 bits per heavy atom. The fourth-order valence-electron chi connectivity index (χ4n) is 0.576. The predicted molar refractivity (Wildman–Crippen MR) is 52.7 cm³/mol. The highest BCUT2D eigenvalue weighted by Crippen LogP contribution is 2.27. The van der Waals surface area contributed by atoms with Crippen LogP contribution in [-0.2, 0) is 4.57 Å². The first kappa shape index (κ1) is 14.5. The molecule has 0 heterocycles. The van der Waals surface area contributed by atoms with Crippen molar-refractivity contribution in [3.8, 4) is 5.75 Å². The zero-order valence-electron chi connectivity index (χ0n) is 7.33. The van der Waals surface area contributed by atoms with E-state index in [9.17, 15) is 0 Å². The van der Waals surface area contributed by atoms with Gasteiger partial charge in [-0.1, -0.05) is 18.2 Å². The van der Waals surface area contributed by atoms with Crippen molar-refractivity contribution in [1.29, 1.82) is 0 Å². The van der Waals surface area contributed by atoms with Gasteiger partial charge in [0.2, 0.25) is 0 Å². The van der Waals surface area contributed by atoms with Crippen molar-refractivity contribution in [2.75, 3.05) is 0 Å². The van der Waals surface area contributed by atoms with E-state index in [1.165, 1.54) is 0 Å². The molecule has 0 saturated heterocycles. The van der Waals surface area contributed by atoms with Crippen molar-refractivity contribution in [2.45, 2.75) is 0 Å². The van der Waals surface area contributed by atoms with Crippen LogP contribution in [0.2, 0.25) is 0 Å². The molecule has 1 aromatic rings. The van der Waals surface area contributed by atoms with Crippen molar-refractivity contribution in [2.24, 2.45) is 0 Å². The van der Waals surface area contributed by atoms with Gasteiger partial charge in [0, 0.05) is 0 Å². The number of phosphoric acid groups is 1. The topological polar surface area (TPSA) is 127 Å². The third-order valence-corrected chi connectivity index (χ3v) is 1.30. The standard InChI is InChI=1S/C6H7O3P.H3O4P/c7-10(8)9-6-4-2-1-3-5-6;1-5(2,3)4/h1-5,7-8H;(H3,1,2,3,4). The molecule has 0 radical (unpaired) electrons. The zero-order chi connectivity index (χ0) is 11.9. The number of hydrogen-bond donors (Lipinski definition) is 5. The molecule has 0 aromatic heterocycles. The van der Waals surface area contributed by atoms with Crippen LogP contribution in [-0.4, -0.2) is 24.5 Å². The minimum atomic E-state index is -4.64. The van der Waals surface area contributed by atoms with Crippen molar-refractivity contribution >= 4 is 16.4 Å². The summed E-state index contributed by atoms with van der Waals surface area (Å²) in [6, 6.07) is 8.65.